The molecule has 10 nitrogen and oxygen atoms in total. The number of carbonyl (C=O) groups excluding carboxylic acids is 1. The van der Waals surface area contributed by atoms with Gasteiger partial charge in [0.2, 0.25) is 0 Å². The molecule has 5 aromatic rings. The Morgan fingerprint density at radius 1 is 1.25 bits per heavy atom. The minimum atomic E-state index is -0.672. The third-order valence-electron chi connectivity index (χ3n) is 5.51. The van der Waals surface area contributed by atoms with E-state index in [1.165, 1.54) is 6.07 Å². The normalized spacial score (nSPS) is 15.9. The molecule has 160 valence electrons. The zero-order chi connectivity index (χ0) is 21.8. The number of imidazole rings is 1. The van der Waals surface area contributed by atoms with Crippen molar-refractivity contribution in [2.45, 2.75) is 12.5 Å². The predicted molar refractivity (Wildman–Crippen MR) is 108 cm³/mol. The second kappa shape index (κ2) is 6.87. The summed E-state index contributed by atoms with van der Waals surface area (Å²) in [6, 6.07) is 7.46. The highest BCUT2D eigenvalue weighted by molar-refractivity contribution is 5.90. The van der Waals surface area contributed by atoms with E-state index < -0.39 is 17.8 Å². The van der Waals surface area contributed by atoms with E-state index in [1.807, 2.05) is 0 Å². The number of fused-ring (bicyclic) bond motifs is 2. The highest BCUT2D eigenvalue weighted by atomic mass is 19.1. The van der Waals surface area contributed by atoms with Crippen LogP contribution >= 0.6 is 0 Å². The quantitative estimate of drug-likeness (QED) is 0.465. The molecule has 1 aliphatic heterocycles. The third-order valence-corrected chi connectivity index (χ3v) is 5.51. The molecule has 0 saturated heterocycles. The number of aryl methyl sites for hydroxylation is 1. The number of amides is 1. The molecule has 0 saturated carbocycles. The summed E-state index contributed by atoms with van der Waals surface area (Å²) in [5, 5.41) is 12.7. The Morgan fingerprint density at radius 3 is 2.97 bits per heavy atom. The molecule has 0 bridgehead atoms. The van der Waals surface area contributed by atoms with Gasteiger partial charge in [0.15, 0.2) is 11.4 Å². The van der Waals surface area contributed by atoms with Crippen LogP contribution in [0.4, 0.5) is 4.39 Å². The molecule has 0 radical (unpaired) electrons. The van der Waals surface area contributed by atoms with Crippen molar-refractivity contribution >= 4 is 16.9 Å². The van der Waals surface area contributed by atoms with Gasteiger partial charge >= 0.3 is 11.8 Å². The van der Waals surface area contributed by atoms with Crippen LogP contribution < -0.4 is 0 Å². The molecule has 0 unspecified atom stereocenters. The third kappa shape index (κ3) is 2.82. The second-order valence-electron chi connectivity index (χ2n) is 7.51. The lowest BCUT2D eigenvalue weighted by Crippen LogP contribution is -2.40. The van der Waals surface area contributed by atoms with Crippen molar-refractivity contribution in [3.05, 3.63) is 71.7 Å². The first-order valence-corrected chi connectivity index (χ1v) is 9.93. The predicted octanol–water partition coefficient (Wildman–Crippen LogP) is 2.87. The van der Waals surface area contributed by atoms with Crippen molar-refractivity contribution in [2.24, 2.45) is 7.05 Å². The number of aromatic amines is 1. The molecule has 0 fully saturated rings. The molecule has 1 aliphatic rings. The number of nitrogens with zero attached hydrogens (tertiary/aromatic N) is 6. The molecule has 4 aromatic heterocycles. The Hall–Kier alpha value is -4.28. The molecule has 6 rings (SSSR count). The lowest BCUT2D eigenvalue weighted by Gasteiger charge is -2.32. The smallest absolute Gasteiger partial charge is 0.312 e. The van der Waals surface area contributed by atoms with Crippen molar-refractivity contribution in [1.29, 1.82) is 0 Å². The van der Waals surface area contributed by atoms with Crippen molar-refractivity contribution in [2.75, 3.05) is 6.54 Å². The van der Waals surface area contributed by atoms with E-state index in [0.717, 1.165) is 5.69 Å². The Labute approximate surface area is 179 Å². The molecule has 1 aromatic carbocycles. The SMILES string of the molecule is Cn1ccc(-c2nnc(C(=O)N3CCc4[nH]cnc4[C@H]3c3cc4cccc(F)c4o3)o2)n1. The highest BCUT2D eigenvalue weighted by Crippen LogP contribution is 2.37. The largest absolute Gasteiger partial charge is 0.455 e. The number of hydrogen-bond donors (Lipinski definition) is 1. The van der Waals surface area contributed by atoms with Crippen LogP contribution in [0.1, 0.15) is 33.9 Å². The van der Waals surface area contributed by atoms with Gasteiger partial charge in [-0.15, -0.1) is 10.2 Å². The zero-order valence-corrected chi connectivity index (χ0v) is 16.8. The average molecular weight is 433 g/mol. The fourth-order valence-corrected chi connectivity index (χ4v) is 4.03. The van der Waals surface area contributed by atoms with Gasteiger partial charge in [-0.3, -0.25) is 9.48 Å². The van der Waals surface area contributed by atoms with Gasteiger partial charge < -0.3 is 18.7 Å². The lowest BCUT2D eigenvalue weighted by molar-refractivity contribution is 0.0632. The number of nitrogens with one attached hydrogen (secondary N) is 1. The van der Waals surface area contributed by atoms with Crippen LogP contribution in [0.15, 0.2) is 51.7 Å². The van der Waals surface area contributed by atoms with Gasteiger partial charge in [-0.1, -0.05) is 12.1 Å². The van der Waals surface area contributed by atoms with Gasteiger partial charge in [-0.2, -0.15) is 5.10 Å². The van der Waals surface area contributed by atoms with Gasteiger partial charge in [-0.25, -0.2) is 9.37 Å². The molecule has 0 aliphatic carbocycles. The zero-order valence-electron chi connectivity index (χ0n) is 16.8. The van der Waals surface area contributed by atoms with Crippen molar-refractivity contribution in [1.82, 2.24) is 34.8 Å². The van der Waals surface area contributed by atoms with Crippen LogP contribution in [0, 0.1) is 5.82 Å². The fraction of sp³-hybridized carbons (Fsp3) is 0.190. The highest BCUT2D eigenvalue weighted by Gasteiger charge is 2.38. The molecule has 0 spiro atoms. The summed E-state index contributed by atoms with van der Waals surface area (Å²) in [7, 11) is 1.77. The summed E-state index contributed by atoms with van der Waals surface area (Å²) in [5.74, 6) is -0.567. The van der Waals surface area contributed by atoms with Crippen molar-refractivity contribution in [3.63, 3.8) is 0 Å². The van der Waals surface area contributed by atoms with Crippen LogP contribution in [0.3, 0.4) is 0 Å². The molecular weight excluding hydrogens is 417 g/mol. The molecule has 5 heterocycles. The Kier molecular flexibility index (Phi) is 3.97. The van der Waals surface area contributed by atoms with Crippen LogP contribution in [-0.4, -0.2) is 47.3 Å². The average Bonchev–Trinajstić information content (AvgIpc) is 3.57. The molecule has 1 N–H and O–H groups in total. The van der Waals surface area contributed by atoms with Crippen LogP contribution in [0.25, 0.3) is 22.6 Å². The lowest BCUT2D eigenvalue weighted by atomic mass is 10.00. The Bertz CT molecular complexity index is 1460. The van der Waals surface area contributed by atoms with Crippen molar-refractivity contribution < 1.29 is 18.0 Å². The minimum Gasteiger partial charge on any atom is -0.455 e. The summed E-state index contributed by atoms with van der Waals surface area (Å²) in [5.41, 5.74) is 2.12. The van der Waals surface area contributed by atoms with E-state index in [2.05, 4.69) is 25.3 Å². The van der Waals surface area contributed by atoms with Crippen LogP contribution in [-0.2, 0) is 13.5 Å². The van der Waals surface area contributed by atoms with Gasteiger partial charge in [-0.05, 0) is 18.2 Å². The molecule has 32 heavy (non-hydrogen) atoms. The van der Waals surface area contributed by atoms with Gasteiger partial charge in [0, 0.05) is 37.3 Å². The molecule has 11 heteroatoms. The number of aromatic nitrogens is 6. The van der Waals surface area contributed by atoms with Crippen molar-refractivity contribution in [3.8, 4) is 11.6 Å². The number of rotatable bonds is 3. The van der Waals surface area contributed by atoms with E-state index in [0.29, 0.717) is 35.5 Å². The number of para-hydroxylation sites is 1. The molecular formula is C21H16FN7O3. The number of halogens is 1. The number of H-pyrrole nitrogens is 1. The van der Waals surface area contributed by atoms with Gasteiger partial charge in [0.25, 0.3) is 5.89 Å². The van der Waals surface area contributed by atoms with Gasteiger partial charge in [0.05, 0.1) is 12.0 Å². The Balaban J connectivity index is 1.41. The van der Waals surface area contributed by atoms with E-state index in [9.17, 15) is 9.18 Å². The summed E-state index contributed by atoms with van der Waals surface area (Å²) >= 11 is 0. The Morgan fingerprint density at radius 2 is 2.16 bits per heavy atom. The maximum absolute atomic E-state index is 14.3. The first-order valence-electron chi connectivity index (χ1n) is 9.93. The van der Waals surface area contributed by atoms with Gasteiger partial charge in [0.1, 0.15) is 17.5 Å². The summed E-state index contributed by atoms with van der Waals surface area (Å²) in [6.07, 6.45) is 3.87. The fourth-order valence-electron chi connectivity index (χ4n) is 4.03. The van der Waals surface area contributed by atoms with Crippen LogP contribution in [0.2, 0.25) is 0 Å². The maximum atomic E-state index is 14.3. The monoisotopic (exact) mass is 433 g/mol. The van der Waals surface area contributed by atoms with E-state index in [-0.39, 0.29) is 17.4 Å². The van der Waals surface area contributed by atoms with E-state index in [4.69, 9.17) is 8.83 Å². The molecule has 1 amide bonds. The summed E-state index contributed by atoms with van der Waals surface area (Å²) < 4.78 is 27.3. The number of benzene rings is 1. The van der Waals surface area contributed by atoms with Crippen LogP contribution in [0.5, 0.6) is 0 Å². The van der Waals surface area contributed by atoms with E-state index >= 15 is 0 Å². The minimum absolute atomic E-state index is 0.132. The number of carbonyl (C=O) groups is 1. The summed E-state index contributed by atoms with van der Waals surface area (Å²) in [6.45, 7) is 0.361. The number of furan rings is 1. The molecule has 1 atom stereocenters. The standard InChI is InChI=1S/C21H16FN7O3/c1-28-7-5-14(27-28)19-25-26-20(32-19)21(30)29-8-6-13-16(24-10-23-13)17(29)15-9-11-3-2-4-12(22)18(11)31-15/h2-5,7,9-10,17H,6,8H2,1H3,(H,23,24)/t17-/m1/s1. The topological polar surface area (TPSA) is 119 Å². The van der Waals surface area contributed by atoms with E-state index in [1.54, 1.807) is 53.4 Å². The maximum Gasteiger partial charge on any atom is 0.312 e. The summed E-state index contributed by atoms with van der Waals surface area (Å²) in [4.78, 5) is 22.5. The number of hydrogen-bond acceptors (Lipinski definition) is 7. The first-order chi connectivity index (χ1) is 15.6. The first kappa shape index (κ1) is 18.5. The second-order valence-corrected chi connectivity index (χ2v) is 7.51.